The number of aromatic nitrogens is 12. The molecule has 1 aliphatic carbocycles. The maximum absolute atomic E-state index is 11.9. The van der Waals surface area contributed by atoms with Crippen molar-refractivity contribution in [3.8, 4) is 23.0 Å². The smallest absolute Gasteiger partial charge is 0.270 e. The van der Waals surface area contributed by atoms with Gasteiger partial charge < -0.3 is 18.9 Å². The van der Waals surface area contributed by atoms with Gasteiger partial charge in [0.05, 0.1) is 26.2 Å². The normalized spacial score (nSPS) is 13.7. The van der Waals surface area contributed by atoms with Crippen molar-refractivity contribution in [3.05, 3.63) is 163 Å². The number of hydrogen-bond acceptors (Lipinski definition) is 20. The Balaban J connectivity index is 1.30. The van der Waals surface area contributed by atoms with Gasteiger partial charge in [-0.25, -0.2) is 18.7 Å². The second-order valence-corrected chi connectivity index (χ2v) is 34.2. The molecule has 32 heteroatoms. The molecule has 0 fully saturated rings. The molecule has 8 bridgehead atoms. The predicted octanol–water partition coefficient (Wildman–Crippen LogP) is 7.79. The highest BCUT2D eigenvalue weighted by Crippen LogP contribution is 2.45. The van der Waals surface area contributed by atoms with E-state index in [0.29, 0.717) is 23.0 Å². The summed E-state index contributed by atoms with van der Waals surface area (Å²) in [5, 5.41) is 32.5. The van der Waals surface area contributed by atoms with Crippen molar-refractivity contribution in [3.63, 3.8) is 0 Å². The van der Waals surface area contributed by atoms with Gasteiger partial charge >= 0.3 is 0 Å². The van der Waals surface area contributed by atoms with E-state index in [2.05, 4.69) is 173 Å². The lowest BCUT2D eigenvalue weighted by Gasteiger charge is -2.29. The number of hydrogen-bond donors (Lipinski definition) is 4. The van der Waals surface area contributed by atoms with Crippen molar-refractivity contribution in [1.29, 1.82) is 0 Å². The SMILES string of the molecule is CC(C)(C)c1cc2c(OCCn3cc(CS(=O)(=O)O)nn3)c(c1)Cc1cc(C(C)(C)C)cc(c1OCCn1cc(CS(=O)(=O)O)nn1)Cc1cc(C(C)(C)C)cc(c1OCCn1cc(CS(=O)(=O)O)nn1)Cc1cc(C(C)(C)C)cc(c1OCCn1cc(CS(=O)(=O)O)nn1)C2. The molecule has 96 heavy (non-hydrogen) atoms. The van der Waals surface area contributed by atoms with Crippen molar-refractivity contribution in [2.24, 2.45) is 0 Å². The van der Waals surface area contributed by atoms with Crippen molar-refractivity contribution >= 4 is 40.5 Å². The lowest BCUT2D eigenvalue weighted by molar-refractivity contribution is 0.279. The molecule has 0 unspecified atom stereocenters. The van der Waals surface area contributed by atoms with E-state index in [4.69, 9.17) is 18.9 Å². The van der Waals surface area contributed by atoms with Crippen LogP contribution in [0, 0.1) is 0 Å². The molecule has 0 radical (unpaired) electrons. The molecular formula is C64H84N12O16S4. The Kier molecular flexibility index (Phi) is 21.2. The van der Waals surface area contributed by atoms with Crippen molar-refractivity contribution in [2.75, 3.05) is 26.4 Å². The van der Waals surface area contributed by atoms with Gasteiger partial charge in [0.25, 0.3) is 40.5 Å². The molecule has 520 valence electrons. The molecule has 0 saturated carbocycles. The van der Waals surface area contributed by atoms with Gasteiger partial charge in [-0.1, -0.05) is 152 Å². The second-order valence-electron chi connectivity index (χ2n) is 28.4. The Morgan fingerprint density at radius 3 is 0.635 bits per heavy atom. The minimum atomic E-state index is -4.42. The maximum atomic E-state index is 11.9. The van der Waals surface area contributed by atoms with E-state index in [9.17, 15) is 51.9 Å². The number of benzene rings is 4. The molecular weight excluding hydrogens is 1320 g/mol. The molecule has 8 aromatic rings. The Morgan fingerprint density at radius 2 is 0.490 bits per heavy atom. The van der Waals surface area contributed by atoms with E-state index < -0.39 is 85.1 Å². The molecule has 1 aliphatic rings. The summed E-state index contributed by atoms with van der Waals surface area (Å²) in [4.78, 5) is 0. The fraction of sp³-hybridized carbons (Fsp3) is 0.500. The van der Waals surface area contributed by atoms with Crippen LogP contribution in [-0.2, 0) is 137 Å². The van der Waals surface area contributed by atoms with Crippen LogP contribution in [0.15, 0.2) is 73.3 Å². The third-order valence-electron chi connectivity index (χ3n) is 15.9. The van der Waals surface area contributed by atoms with Crippen LogP contribution in [0.1, 0.15) is 173 Å². The van der Waals surface area contributed by atoms with E-state index in [1.807, 2.05) is 0 Å². The highest BCUT2D eigenvalue weighted by atomic mass is 32.2. The van der Waals surface area contributed by atoms with Crippen molar-refractivity contribution < 1.29 is 70.8 Å². The first-order valence-electron chi connectivity index (χ1n) is 31.0. The molecule has 0 saturated heterocycles. The van der Waals surface area contributed by atoms with Gasteiger partial charge in [0.15, 0.2) is 0 Å². The fourth-order valence-corrected chi connectivity index (χ4v) is 13.2. The van der Waals surface area contributed by atoms with Crippen LogP contribution in [0.25, 0.3) is 0 Å². The summed E-state index contributed by atoms with van der Waals surface area (Å²) in [6.07, 6.45) is 6.63. The van der Waals surface area contributed by atoms with Gasteiger partial charge in [0.2, 0.25) is 0 Å². The average Bonchev–Trinajstić information content (AvgIpc) is 0.856. The molecule has 4 heterocycles. The molecule has 0 aliphatic heterocycles. The van der Waals surface area contributed by atoms with Crippen molar-refractivity contribution in [1.82, 2.24) is 60.0 Å². The van der Waals surface area contributed by atoms with Gasteiger partial charge in [-0.05, 0) is 88.4 Å². The van der Waals surface area contributed by atoms with Gasteiger partial charge in [-0.3, -0.25) is 18.2 Å². The molecule has 9 rings (SSSR count). The number of nitrogens with zero attached hydrogens (tertiary/aromatic N) is 12. The summed E-state index contributed by atoms with van der Waals surface area (Å²) >= 11 is 0. The zero-order valence-electron chi connectivity index (χ0n) is 55.9. The Morgan fingerprint density at radius 1 is 0.323 bits per heavy atom. The van der Waals surface area contributed by atoms with Crippen LogP contribution in [0.3, 0.4) is 0 Å². The molecule has 0 amide bonds. The first-order chi connectivity index (χ1) is 44.5. The van der Waals surface area contributed by atoms with Gasteiger partial charge in [-0.2, -0.15) is 33.7 Å². The number of fused-ring (bicyclic) bond motifs is 8. The second kappa shape index (κ2) is 28.0. The zero-order valence-corrected chi connectivity index (χ0v) is 59.2. The summed E-state index contributed by atoms with van der Waals surface area (Å²) in [5.74, 6) is -0.792. The summed E-state index contributed by atoms with van der Waals surface area (Å²) in [5.41, 5.74) is 8.49. The largest absolute Gasteiger partial charge is 0.491 e. The first kappa shape index (κ1) is 72.5. The van der Waals surface area contributed by atoms with Crippen LogP contribution < -0.4 is 18.9 Å². The van der Waals surface area contributed by atoms with Gasteiger partial charge in [0.1, 0.15) is 95.2 Å². The van der Waals surface area contributed by atoms with E-state index in [0.717, 1.165) is 66.8 Å². The maximum Gasteiger partial charge on any atom is 0.270 e. The number of ether oxygens (including phenoxy) is 4. The minimum Gasteiger partial charge on any atom is -0.491 e. The summed E-state index contributed by atoms with van der Waals surface area (Å²) in [6.45, 7) is 26.0. The lowest BCUT2D eigenvalue weighted by atomic mass is 9.79. The fourth-order valence-electron chi connectivity index (χ4n) is 11.1. The van der Waals surface area contributed by atoms with Crippen LogP contribution in [0.2, 0.25) is 0 Å². The Hall–Kier alpha value is -7.72. The van der Waals surface area contributed by atoms with Gasteiger partial charge in [-0.15, -0.1) is 20.4 Å². The van der Waals surface area contributed by atoms with Crippen LogP contribution >= 0.6 is 0 Å². The third-order valence-corrected chi connectivity index (χ3v) is 18.5. The summed E-state index contributed by atoms with van der Waals surface area (Å²) in [7, 11) is -17.7. The first-order valence-corrected chi connectivity index (χ1v) is 37.4. The van der Waals surface area contributed by atoms with Gasteiger partial charge in [0, 0.05) is 50.5 Å². The topological polar surface area (TPSA) is 377 Å². The summed E-state index contributed by atoms with van der Waals surface area (Å²) in [6, 6.07) is 17.1. The molecule has 0 atom stereocenters. The molecule has 0 spiro atoms. The van der Waals surface area contributed by atoms with E-state index in [-0.39, 0.29) is 101 Å². The Labute approximate surface area is 560 Å². The third kappa shape index (κ3) is 20.2. The quantitative estimate of drug-likeness (QED) is 0.0419. The Bertz CT molecular complexity index is 3950. The van der Waals surface area contributed by atoms with E-state index in [1.165, 1.54) is 43.5 Å². The average molecular weight is 1410 g/mol. The zero-order chi connectivity index (χ0) is 70.1. The monoisotopic (exact) mass is 1400 g/mol. The van der Waals surface area contributed by atoms with Crippen LogP contribution in [0.5, 0.6) is 23.0 Å². The minimum absolute atomic E-state index is 0.0158. The van der Waals surface area contributed by atoms with Crippen molar-refractivity contribution in [2.45, 2.75) is 180 Å². The highest BCUT2D eigenvalue weighted by molar-refractivity contribution is 7.85. The lowest BCUT2D eigenvalue weighted by Crippen LogP contribution is -2.19. The van der Waals surface area contributed by atoms with E-state index >= 15 is 0 Å². The number of rotatable bonds is 24. The van der Waals surface area contributed by atoms with Crippen LogP contribution in [-0.4, -0.2) is 138 Å². The molecule has 4 N–H and O–H groups in total. The van der Waals surface area contributed by atoms with Crippen LogP contribution in [0.4, 0.5) is 0 Å². The molecule has 4 aromatic heterocycles. The summed E-state index contributed by atoms with van der Waals surface area (Å²) < 4.78 is 168. The predicted molar refractivity (Wildman–Crippen MR) is 355 cm³/mol. The molecule has 4 aromatic carbocycles. The standard InChI is InChI=1S/C64H84N12O16S4/c1-61(2,3)49-25-41-21-43-27-50(62(4,5)6)29-45(58(43)90-18-14-74-34-54(66-70-74)38-94(80,81)82)23-47-31-52(64(10,11)12)32-48(60(47)92-20-16-76-36-56(68-72-76)40-96(86,87)88)24-46-30-51(63(7,8)9)28-44(59(46)91-19-15-75-35-55(67-71-75)39-95(83,84)85)22-42(26-49)57(41)89-17-13-73-33-53(65-69-73)37-93(77,78)79/h25-36H,13-24,37-40H2,1-12H3,(H,77,78,79)(H,80,81,82)(H,83,84,85)(H,86,87,88). The highest BCUT2D eigenvalue weighted by Gasteiger charge is 2.31. The molecule has 28 nitrogen and oxygen atoms in total. The van der Waals surface area contributed by atoms with E-state index in [1.54, 1.807) is 0 Å².